The first-order valence-electron chi connectivity index (χ1n) is 8.40. The van der Waals surface area contributed by atoms with Gasteiger partial charge in [-0.05, 0) is 23.8 Å². The Morgan fingerprint density at radius 1 is 0.963 bits per heavy atom. The van der Waals surface area contributed by atoms with Crippen LogP contribution in [0.4, 0.5) is 11.4 Å². The van der Waals surface area contributed by atoms with Crippen LogP contribution in [0.5, 0.6) is 0 Å². The minimum atomic E-state index is -3.45. The second-order valence-electron chi connectivity index (χ2n) is 6.14. The lowest BCUT2D eigenvalue weighted by atomic mass is 10.2. The van der Waals surface area contributed by atoms with Crippen molar-refractivity contribution in [1.82, 2.24) is 4.31 Å². The van der Waals surface area contributed by atoms with E-state index in [4.69, 9.17) is 0 Å². The van der Waals surface area contributed by atoms with Crippen molar-refractivity contribution < 1.29 is 18.0 Å². The zero-order valence-electron chi connectivity index (χ0n) is 15.3. The van der Waals surface area contributed by atoms with Gasteiger partial charge in [0.2, 0.25) is 21.8 Å². The minimum Gasteiger partial charge on any atom is -0.326 e. The molecule has 0 aromatic heterocycles. The normalized spacial score (nSPS) is 11.2. The maximum atomic E-state index is 12.2. The maximum Gasteiger partial charge on any atom is 0.225 e. The molecule has 2 aromatic carbocycles. The molecule has 0 fully saturated rings. The average Bonchev–Trinajstić information content (AvgIpc) is 2.58. The molecule has 0 saturated carbocycles. The number of amides is 2. The van der Waals surface area contributed by atoms with Crippen molar-refractivity contribution in [2.45, 2.75) is 19.9 Å². The molecule has 144 valence electrons. The molecule has 0 radical (unpaired) electrons. The monoisotopic (exact) mass is 389 g/mol. The maximum absolute atomic E-state index is 12.2. The lowest BCUT2D eigenvalue weighted by Gasteiger charge is -2.20. The Hall–Kier alpha value is -2.71. The molecule has 0 heterocycles. The molecule has 0 aliphatic heterocycles. The van der Waals surface area contributed by atoms with Crippen LogP contribution in [0.25, 0.3) is 0 Å². The standard InChI is InChI=1S/C19H23N3O4S/c1-15(23)20-17-9-6-10-18(13-17)21-19(24)11-12-22(27(2,25)26)14-16-7-4-3-5-8-16/h3-10,13H,11-12,14H2,1-2H3,(H,20,23)(H,21,24). The summed E-state index contributed by atoms with van der Waals surface area (Å²) in [6.45, 7) is 1.69. The number of sulfonamides is 1. The third-order valence-electron chi connectivity index (χ3n) is 3.73. The smallest absolute Gasteiger partial charge is 0.225 e. The number of benzene rings is 2. The summed E-state index contributed by atoms with van der Waals surface area (Å²) in [5.74, 6) is -0.514. The van der Waals surface area contributed by atoms with E-state index in [1.54, 1.807) is 24.3 Å². The topological polar surface area (TPSA) is 95.6 Å². The van der Waals surface area contributed by atoms with Crippen LogP contribution in [0.3, 0.4) is 0 Å². The van der Waals surface area contributed by atoms with E-state index >= 15 is 0 Å². The van der Waals surface area contributed by atoms with Gasteiger partial charge in [0, 0.05) is 37.8 Å². The summed E-state index contributed by atoms with van der Waals surface area (Å²) in [5.41, 5.74) is 1.95. The van der Waals surface area contributed by atoms with Crippen LogP contribution in [0, 0.1) is 0 Å². The van der Waals surface area contributed by atoms with Gasteiger partial charge in [0.15, 0.2) is 0 Å². The van der Waals surface area contributed by atoms with Gasteiger partial charge in [-0.1, -0.05) is 36.4 Å². The van der Waals surface area contributed by atoms with Crippen LogP contribution < -0.4 is 10.6 Å². The highest BCUT2D eigenvalue weighted by Crippen LogP contribution is 2.16. The quantitative estimate of drug-likeness (QED) is 0.725. The van der Waals surface area contributed by atoms with Gasteiger partial charge in [-0.25, -0.2) is 8.42 Å². The van der Waals surface area contributed by atoms with E-state index in [1.165, 1.54) is 11.2 Å². The fraction of sp³-hybridized carbons (Fsp3) is 0.263. The summed E-state index contributed by atoms with van der Waals surface area (Å²) in [6, 6.07) is 16.0. The third kappa shape index (κ3) is 7.20. The third-order valence-corrected chi connectivity index (χ3v) is 4.98. The number of carbonyl (C=O) groups excluding carboxylic acids is 2. The molecule has 0 aliphatic rings. The van der Waals surface area contributed by atoms with Gasteiger partial charge in [0.25, 0.3) is 0 Å². The number of rotatable bonds is 8. The number of nitrogens with zero attached hydrogens (tertiary/aromatic N) is 1. The lowest BCUT2D eigenvalue weighted by Crippen LogP contribution is -2.32. The Morgan fingerprint density at radius 2 is 1.59 bits per heavy atom. The summed E-state index contributed by atoms with van der Waals surface area (Å²) < 4.78 is 25.3. The minimum absolute atomic E-state index is 0.0181. The average molecular weight is 389 g/mol. The molecular formula is C19H23N3O4S. The highest BCUT2D eigenvalue weighted by Gasteiger charge is 2.18. The van der Waals surface area contributed by atoms with Crippen molar-refractivity contribution in [3.63, 3.8) is 0 Å². The van der Waals surface area contributed by atoms with Crippen molar-refractivity contribution in [2.75, 3.05) is 23.4 Å². The molecule has 2 aromatic rings. The van der Waals surface area contributed by atoms with Crippen molar-refractivity contribution in [3.05, 3.63) is 60.2 Å². The Kier molecular flexibility index (Phi) is 7.09. The first kappa shape index (κ1) is 20.6. The number of nitrogens with one attached hydrogen (secondary N) is 2. The summed E-state index contributed by atoms with van der Waals surface area (Å²) in [7, 11) is -3.45. The highest BCUT2D eigenvalue weighted by atomic mass is 32.2. The van der Waals surface area contributed by atoms with Gasteiger partial charge in [-0.3, -0.25) is 9.59 Å². The fourth-order valence-corrected chi connectivity index (χ4v) is 3.28. The molecule has 27 heavy (non-hydrogen) atoms. The molecule has 0 aliphatic carbocycles. The second-order valence-corrected chi connectivity index (χ2v) is 8.12. The van der Waals surface area contributed by atoms with E-state index in [0.29, 0.717) is 11.4 Å². The summed E-state index contributed by atoms with van der Waals surface area (Å²) in [6.07, 6.45) is 1.15. The zero-order valence-corrected chi connectivity index (χ0v) is 16.1. The number of anilines is 2. The van der Waals surface area contributed by atoms with Gasteiger partial charge in [-0.2, -0.15) is 4.31 Å². The molecule has 0 spiro atoms. The van der Waals surface area contributed by atoms with Gasteiger partial charge in [-0.15, -0.1) is 0 Å². The fourth-order valence-electron chi connectivity index (χ4n) is 2.48. The molecule has 0 saturated heterocycles. The lowest BCUT2D eigenvalue weighted by molar-refractivity contribution is -0.116. The summed E-state index contributed by atoms with van der Waals surface area (Å²) >= 11 is 0. The SMILES string of the molecule is CC(=O)Nc1cccc(NC(=O)CCN(Cc2ccccc2)S(C)(=O)=O)c1. The van der Waals surface area contributed by atoms with Crippen LogP contribution >= 0.6 is 0 Å². The number of hydrogen-bond acceptors (Lipinski definition) is 4. The number of hydrogen-bond donors (Lipinski definition) is 2. The van der Waals surface area contributed by atoms with Crippen LogP contribution in [0.15, 0.2) is 54.6 Å². The van der Waals surface area contributed by atoms with E-state index in [1.807, 2.05) is 30.3 Å². The van der Waals surface area contributed by atoms with Crippen molar-refractivity contribution in [3.8, 4) is 0 Å². The zero-order chi connectivity index (χ0) is 19.9. The largest absolute Gasteiger partial charge is 0.326 e. The van der Waals surface area contributed by atoms with Crippen LogP contribution in [0.1, 0.15) is 18.9 Å². The van der Waals surface area contributed by atoms with E-state index in [-0.39, 0.29) is 31.3 Å². The van der Waals surface area contributed by atoms with Crippen molar-refractivity contribution in [1.29, 1.82) is 0 Å². The molecule has 8 heteroatoms. The van der Waals surface area contributed by atoms with Crippen LogP contribution in [0.2, 0.25) is 0 Å². The molecule has 0 unspecified atom stereocenters. The van der Waals surface area contributed by atoms with E-state index in [2.05, 4.69) is 10.6 Å². The van der Waals surface area contributed by atoms with Crippen molar-refractivity contribution >= 4 is 33.2 Å². The van der Waals surface area contributed by atoms with E-state index in [9.17, 15) is 18.0 Å². The van der Waals surface area contributed by atoms with Gasteiger partial charge >= 0.3 is 0 Å². The first-order chi connectivity index (χ1) is 12.7. The highest BCUT2D eigenvalue weighted by molar-refractivity contribution is 7.88. The van der Waals surface area contributed by atoms with Crippen molar-refractivity contribution in [2.24, 2.45) is 0 Å². The molecule has 2 N–H and O–H groups in total. The molecule has 2 rings (SSSR count). The van der Waals surface area contributed by atoms with E-state index in [0.717, 1.165) is 11.8 Å². The molecule has 0 bridgehead atoms. The predicted molar refractivity (Wildman–Crippen MR) is 106 cm³/mol. The van der Waals surface area contributed by atoms with Gasteiger partial charge < -0.3 is 10.6 Å². The van der Waals surface area contributed by atoms with E-state index < -0.39 is 10.0 Å². The molecular weight excluding hydrogens is 366 g/mol. The number of carbonyl (C=O) groups is 2. The van der Waals surface area contributed by atoms with Crippen LogP contribution in [-0.4, -0.2) is 37.3 Å². The summed E-state index contributed by atoms with van der Waals surface area (Å²) in [4.78, 5) is 23.3. The summed E-state index contributed by atoms with van der Waals surface area (Å²) in [5, 5.41) is 5.35. The Morgan fingerprint density at radius 3 is 2.19 bits per heavy atom. The second kappa shape index (κ2) is 9.29. The molecule has 0 atom stereocenters. The Bertz CT molecular complexity index is 898. The first-order valence-corrected chi connectivity index (χ1v) is 10.3. The Balaban J connectivity index is 1.96. The Labute approximate surface area is 159 Å². The predicted octanol–water partition coefficient (Wildman–Crippen LogP) is 2.44. The van der Waals surface area contributed by atoms with Gasteiger partial charge in [0.1, 0.15) is 0 Å². The molecule has 7 nitrogen and oxygen atoms in total. The van der Waals surface area contributed by atoms with Gasteiger partial charge in [0.05, 0.1) is 6.26 Å². The van der Waals surface area contributed by atoms with Crippen LogP contribution in [-0.2, 0) is 26.2 Å². The molecule has 2 amide bonds.